The van der Waals surface area contributed by atoms with Gasteiger partial charge in [-0.15, -0.1) is 0 Å². The van der Waals surface area contributed by atoms with Crippen molar-refractivity contribution in [3.8, 4) is 0 Å². The van der Waals surface area contributed by atoms with Gasteiger partial charge >= 0.3 is 12.4 Å². The molecule has 1 amide bonds. The number of nitrogens with zero attached hydrogens (tertiary/aromatic N) is 3. The number of H-pyrrole nitrogens is 1. The van der Waals surface area contributed by atoms with Crippen molar-refractivity contribution in [2.24, 2.45) is 0 Å². The quantitative estimate of drug-likeness (QED) is 0.418. The van der Waals surface area contributed by atoms with Crippen molar-refractivity contribution in [1.29, 1.82) is 0 Å². The third-order valence-corrected chi connectivity index (χ3v) is 5.37. The smallest absolute Gasteiger partial charge is 0.437 e. The Hall–Kier alpha value is -3.77. The zero-order valence-electron chi connectivity index (χ0n) is 16.3. The fourth-order valence-electron chi connectivity index (χ4n) is 3.98. The number of benzene rings is 1. The predicted octanol–water partition coefficient (Wildman–Crippen LogP) is 4.97. The Kier molecular flexibility index (Phi) is 4.55. The van der Waals surface area contributed by atoms with E-state index < -0.39 is 41.3 Å². The van der Waals surface area contributed by atoms with Gasteiger partial charge in [-0.05, 0) is 18.2 Å². The van der Waals surface area contributed by atoms with Gasteiger partial charge in [0.1, 0.15) is 17.4 Å². The van der Waals surface area contributed by atoms with Crippen LogP contribution >= 0.6 is 0 Å². The summed E-state index contributed by atoms with van der Waals surface area (Å²) in [5.74, 6) is -2.26. The molecule has 1 aliphatic rings. The van der Waals surface area contributed by atoms with Crippen molar-refractivity contribution in [2.75, 3.05) is 6.54 Å². The van der Waals surface area contributed by atoms with Crippen LogP contribution in [0.1, 0.15) is 45.0 Å². The molecule has 7 nitrogen and oxygen atoms in total. The molecule has 3 aromatic heterocycles. The summed E-state index contributed by atoms with van der Waals surface area (Å²) in [6.45, 7) is -0.0696. The van der Waals surface area contributed by atoms with Crippen molar-refractivity contribution in [2.45, 2.75) is 24.8 Å². The summed E-state index contributed by atoms with van der Waals surface area (Å²) < 4.78 is 90.6. The van der Waals surface area contributed by atoms with E-state index in [0.29, 0.717) is 12.1 Å². The second-order valence-electron chi connectivity index (χ2n) is 7.31. The van der Waals surface area contributed by atoms with E-state index in [0.717, 1.165) is 17.0 Å². The van der Waals surface area contributed by atoms with E-state index in [-0.39, 0.29) is 35.4 Å². The first-order chi connectivity index (χ1) is 15.6. The van der Waals surface area contributed by atoms with Gasteiger partial charge in [0.15, 0.2) is 12.1 Å². The van der Waals surface area contributed by atoms with Crippen molar-refractivity contribution >= 4 is 16.9 Å². The molecule has 0 radical (unpaired) electrons. The Balaban J connectivity index is 1.64. The molecule has 172 valence electrons. The lowest BCUT2D eigenvalue weighted by atomic mass is 9.99. The summed E-state index contributed by atoms with van der Waals surface area (Å²) in [7, 11) is 0. The second-order valence-corrected chi connectivity index (χ2v) is 7.31. The van der Waals surface area contributed by atoms with Gasteiger partial charge in [0.2, 0.25) is 5.76 Å². The second kappa shape index (κ2) is 7.12. The van der Waals surface area contributed by atoms with Crippen LogP contribution in [0.4, 0.5) is 26.3 Å². The molecule has 4 aromatic rings. The maximum Gasteiger partial charge on any atom is 0.437 e. The van der Waals surface area contributed by atoms with Crippen molar-refractivity contribution < 1.29 is 40.0 Å². The van der Waals surface area contributed by atoms with Gasteiger partial charge in [0.05, 0.1) is 17.6 Å². The molecule has 0 bridgehead atoms. The molecule has 4 heterocycles. The number of oxazole rings is 1. The van der Waals surface area contributed by atoms with Crippen LogP contribution < -0.4 is 0 Å². The number of amides is 1. The number of alkyl halides is 6. The number of imidazole rings is 1. The molecule has 13 heteroatoms. The van der Waals surface area contributed by atoms with Crippen LogP contribution in [-0.4, -0.2) is 32.3 Å². The van der Waals surface area contributed by atoms with Gasteiger partial charge in [-0.25, -0.2) is 9.97 Å². The highest BCUT2D eigenvalue weighted by molar-refractivity contribution is 5.93. The zero-order chi connectivity index (χ0) is 23.5. The number of carbonyl (C=O) groups is 1. The van der Waals surface area contributed by atoms with E-state index in [2.05, 4.69) is 15.0 Å². The molecule has 5 rings (SSSR count). The van der Waals surface area contributed by atoms with Crippen LogP contribution in [0.3, 0.4) is 0 Å². The summed E-state index contributed by atoms with van der Waals surface area (Å²) in [4.78, 5) is 24.2. The average Bonchev–Trinajstić information content (AvgIpc) is 3.49. The summed E-state index contributed by atoms with van der Waals surface area (Å²) >= 11 is 0. The lowest BCUT2D eigenvalue weighted by molar-refractivity contribution is -0.141. The third kappa shape index (κ3) is 3.43. The number of nitrogens with one attached hydrogen (secondary N) is 1. The molecule has 0 spiro atoms. The number of halogens is 6. The van der Waals surface area contributed by atoms with E-state index in [9.17, 15) is 31.1 Å². The number of hydrogen-bond acceptors (Lipinski definition) is 5. The molecular weight excluding hydrogens is 458 g/mol. The van der Waals surface area contributed by atoms with Crippen LogP contribution in [0.25, 0.3) is 11.0 Å². The number of carbonyl (C=O) groups excluding carboxylic acids is 1. The summed E-state index contributed by atoms with van der Waals surface area (Å²) in [6.07, 6.45) is -7.55. The SMILES string of the molecule is O=C(c1ocnc1C(F)(F)F)N1CCc2[nH]cnc2[C@@H]1c1cc2c(C(F)(F)F)cccc2o1. The highest BCUT2D eigenvalue weighted by atomic mass is 19.4. The van der Waals surface area contributed by atoms with Gasteiger partial charge in [-0.2, -0.15) is 26.3 Å². The van der Waals surface area contributed by atoms with Crippen LogP contribution in [0, 0.1) is 0 Å². The molecule has 0 fully saturated rings. The van der Waals surface area contributed by atoms with E-state index >= 15 is 0 Å². The number of aromatic nitrogens is 3. The highest BCUT2D eigenvalue weighted by Crippen LogP contribution is 2.41. The van der Waals surface area contributed by atoms with Crippen LogP contribution in [0.2, 0.25) is 0 Å². The molecular formula is C20H12F6N4O3. The number of hydrogen-bond donors (Lipinski definition) is 1. The lowest BCUT2D eigenvalue weighted by Gasteiger charge is -2.33. The van der Waals surface area contributed by atoms with Crippen molar-refractivity contribution in [1.82, 2.24) is 19.9 Å². The molecule has 1 atom stereocenters. The Labute approximate surface area is 180 Å². The van der Waals surface area contributed by atoms with Crippen molar-refractivity contribution in [3.05, 3.63) is 71.2 Å². The summed E-state index contributed by atoms with van der Waals surface area (Å²) in [5.41, 5.74) is -1.71. The first-order valence-corrected chi connectivity index (χ1v) is 9.49. The molecule has 0 unspecified atom stereocenters. The van der Waals surface area contributed by atoms with E-state index in [1.54, 1.807) is 0 Å². The fourth-order valence-corrected chi connectivity index (χ4v) is 3.98. The van der Waals surface area contributed by atoms with Gasteiger partial charge < -0.3 is 18.7 Å². The zero-order valence-corrected chi connectivity index (χ0v) is 16.3. The average molecular weight is 470 g/mol. The van der Waals surface area contributed by atoms with Crippen LogP contribution in [0.5, 0.6) is 0 Å². The predicted molar refractivity (Wildman–Crippen MR) is 97.9 cm³/mol. The molecule has 1 aromatic carbocycles. The Morgan fingerprint density at radius 1 is 1.12 bits per heavy atom. The minimum absolute atomic E-state index is 0.0696. The minimum atomic E-state index is -4.94. The van der Waals surface area contributed by atoms with Gasteiger partial charge in [0, 0.05) is 24.0 Å². The first-order valence-electron chi connectivity index (χ1n) is 9.49. The standard InChI is InChI=1S/C20H12F6N4O3/c21-19(22,23)10-2-1-3-12-9(10)6-13(33-12)15-14-11(27-7-28-14)4-5-30(15)18(31)16-17(20(24,25)26)29-8-32-16/h1-3,6-8,15H,4-5H2,(H,27,28)/t15-/m0/s1. The topological polar surface area (TPSA) is 88.2 Å². The first kappa shape index (κ1) is 21.1. The monoisotopic (exact) mass is 470 g/mol. The van der Waals surface area contributed by atoms with Crippen LogP contribution in [-0.2, 0) is 18.8 Å². The summed E-state index contributed by atoms with van der Waals surface area (Å²) in [5, 5.41) is -0.245. The van der Waals surface area contributed by atoms with E-state index in [1.165, 1.54) is 18.5 Å². The number of aromatic amines is 1. The number of furan rings is 1. The molecule has 0 aliphatic carbocycles. The van der Waals surface area contributed by atoms with Crippen LogP contribution in [0.15, 0.2) is 45.8 Å². The Morgan fingerprint density at radius 3 is 2.64 bits per heavy atom. The molecule has 1 aliphatic heterocycles. The fraction of sp³-hybridized carbons (Fsp3) is 0.250. The van der Waals surface area contributed by atoms with Gasteiger partial charge in [0.25, 0.3) is 5.91 Å². The van der Waals surface area contributed by atoms with Gasteiger partial charge in [-0.3, -0.25) is 4.79 Å². The number of rotatable bonds is 2. The van der Waals surface area contributed by atoms with E-state index in [4.69, 9.17) is 8.83 Å². The minimum Gasteiger partial charge on any atom is -0.458 e. The Bertz CT molecular complexity index is 1350. The third-order valence-electron chi connectivity index (χ3n) is 5.37. The molecule has 1 N–H and O–H groups in total. The molecule has 0 saturated heterocycles. The highest BCUT2D eigenvalue weighted by Gasteiger charge is 2.44. The summed E-state index contributed by atoms with van der Waals surface area (Å²) in [6, 6.07) is 3.32. The lowest BCUT2D eigenvalue weighted by Crippen LogP contribution is -2.41. The Morgan fingerprint density at radius 2 is 1.91 bits per heavy atom. The van der Waals surface area contributed by atoms with Crippen molar-refractivity contribution in [3.63, 3.8) is 0 Å². The largest absolute Gasteiger partial charge is 0.458 e. The maximum absolute atomic E-state index is 13.5. The molecule has 0 saturated carbocycles. The number of fused-ring (bicyclic) bond motifs is 2. The maximum atomic E-state index is 13.5. The normalized spacial score (nSPS) is 16.9. The van der Waals surface area contributed by atoms with E-state index in [1.807, 2.05) is 0 Å². The van der Waals surface area contributed by atoms with Gasteiger partial charge in [-0.1, -0.05) is 6.07 Å². The molecule has 33 heavy (non-hydrogen) atoms.